The van der Waals surface area contributed by atoms with E-state index >= 15 is 0 Å². The maximum Gasteiger partial charge on any atom is 0.324 e. The van der Waals surface area contributed by atoms with E-state index in [1.54, 1.807) is 14.7 Å². The van der Waals surface area contributed by atoms with Crippen LogP contribution >= 0.6 is 0 Å². The number of carbonyl (C=O) groups excluding carboxylic acids is 2. The summed E-state index contributed by atoms with van der Waals surface area (Å²) in [5.41, 5.74) is 0.844. The molecule has 2 saturated heterocycles. The Morgan fingerprint density at radius 1 is 1.21 bits per heavy atom. The number of likely N-dealkylation sites (tertiary alicyclic amines) is 2. The quantitative estimate of drug-likeness (QED) is 0.900. The normalized spacial score (nSPS) is 20.9. The molecule has 2 aliphatic rings. The van der Waals surface area contributed by atoms with E-state index in [4.69, 9.17) is 5.11 Å². The van der Waals surface area contributed by atoms with E-state index in [1.165, 1.54) is 0 Å². The van der Waals surface area contributed by atoms with Crippen molar-refractivity contribution in [3.05, 3.63) is 30.3 Å². The molecule has 1 N–H and O–H groups in total. The molecule has 1 aromatic rings. The molecule has 2 aliphatic heterocycles. The summed E-state index contributed by atoms with van der Waals surface area (Å²) in [7, 11) is 0. The molecule has 2 heterocycles. The van der Waals surface area contributed by atoms with E-state index in [0.29, 0.717) is 19.6 Å². The predicted molar refractivity (Wildman–Crippen MR) is 87.7 cm³/mol. The van der Waals surface area contributed by atoms with Crippen LogP contribution < -0.4 is 4.90 Å². The Hall–Kier alpha value is -2.57. The van der Waals surface area contributed by atoms with Crippen LogP contribution in [0.25, 0.3) is 0 Å². The lowest BCUT2D eigenvalue weighted by Crippen LogP contribution is -2.63. The predicted octanol–water partition coefficient (Wildman–Crippen LogP) is 1.25. The highest BCUT2D eigenvalue weighted by molar-refractivity contribution is 5.93. The molecule has 0 aromatic heterocycles. The summed E-state index contributed by atoms with van der Waals surface area (Å²) >= 11 is 0. The summed E-state index contributed by atoms with van der Waals surface area (Å²) in [5.74, 6) is -1.69. The van der Waals surface area contributed by atoms with Gasteiger partial charge >= 0.3 is 12.0 Å². The van der Waals surface area contributed by atoms with Gasteiger partial charge in [0.05, 0.1) is 12.0 Å². The molecule has 2 fully saturated rings. The number of para-hydroxylation sites is 1. The minimum absolute atomic E-state index is 0.0604. The van der Waals surface area contributed by atoms with Gasteiger partial charge in [-0.3, -0.25) is 14.5 Å². The number of carboxylic acid groups (broad SMARTS) is 1. The van der Waals surface area contributed by atoms with Gasteiger partial charge in [-0.2, -0.15) is 0 Å². The number of hydrogen-bond donors (Lipinski definition) is 1. The highest BCUT2D eigenvalue weighted by Crippen LogP contribution is 2.26. The summed E-state index contributed by atoms with van der Waals surface area (Å²) in [5, 5.41) is 9.04. The number of hydrogen-bond acceptors (Lipinski definition) is 3. The maximum absolute atomic E-state index is 12.6. The van der Waals surface area contributed by atoms with Gasteiger partial charge in [-0.1, -0.05) is 18.2 Å². The molecule has 7 heteroatoms. The Bertz CT molecular complexity index is 642. The molecule has 1 unspecified atom stereocenters. The molecule has 0 radical (unpaired) electrons. The molecule has 24 heavy (non-hydrogen) atoms. The van der Waals surface area contributed by atoms with Crippen molar-refractivity contribution in [2.45, 2.75) is 19.4 Å². The first-order chi connectivity index (χ1) is 11.5. The molecule has 0 bridgehead atoms. The van der Waals surface area contributed by atoms with Crippen molar-refractivity contribution < 1.29 is 19.5 Å². The third-order valence-electron chi connectivity index (χ3n) is 4.70. The molecule has 128 valence electrons. The number of carbonyl (C=O) groups is 3. The van der Waals surface area contributed by atoms with E-state index in [0.717, 1.165) is 5.69 Å². The molecule has 3 rings (SSSR count). The second-order valence-corrected chi connectivity index (χ2v) is 6.21. The fraction of sp³-hybridized carbons (Fsp3) is 0.471. The number of amides is 3. The van der Waals surface area contributed by atoms with Gasteiger partial charge in [-0.15, -0.1) is 0 Å². The molecule has 1 atom stereocenters. The molecule has 1 aromatic carbocycles. The van der Waals surface area contributed by atoms with Gasteiger partial charge in [0.25, 0.3) is 0 Å². The zero-order chi connectivity index (χ0) is 17.3. The average molecular weight is 331 g/mol. The van der Waals surface area contributed by atoms with Crippen molar-refractivity contribution >= 4 is 23.6 Å². The van der Waals surface area contributed by atoms with Crippen molar-refractivity contribution in [3.63, 3.8) is 0 Å². The number of benzene rings is 1. The third-order valence-corrected chi connectivity index (χ3v) is 4.70. The van der Waals surface area contributed by atoms with E-state index in [-0.39, 0.29) is 30.9 Å². The van der Waals surface area contributed by atoms with E-state index in [9.17, 15) is 14.4 Å². The highest BCUT2D eigenvalue weighted by atomic mass is 16.4. The van der Waals surface area contributed by atoms with Gasteiger partial charge in [0, 0.05) is 38.3 Å². The van der Waals surface area contributed by atoms with E-state index < -0.39 is 11.9 Å². The van der Waals surface area contributed by atoms with Crippen LogP contribution in [0.3, 0.4) is 0 Å². The van der Waals surface area contributed by atoms with Crippen LogP contribution in [0.2, 0.25) is 0 Å². The second kappa shape index (κ2) is 6.51. The fourth-order valence-corrected chi connectivity index (χ4v) is 3.27. The first kappa shape index (κ1) is 16.3. The molecule has 0 spiro atoms. The largest absolute Gasteiger partial charge is 0.481 e. The number of rotatable bonds is 4. The molecule has 3 amide bonds. The van der Waals surface area contributed by atoms with Crippen molar-refractivity contribution in [1.29, 1.82) is 0 Å². The number of aliphatic carboxylic acids is 1. The van der Waals surface area contributed by atoms with Crippen LogP contribution in [0.4, 0.5) is 10.5 Å². The Balaban J connectivity index is 1.59. The minimum atomic E-state index is -0.931. The van der Waals surface area contributed by atoms with Gasteiger partial charge in [0.2, 0.25) is 5.91 Å². The average Bonchev–Trinajstić information content (AvgIpc) is 2.90. The lowest BCUT2D eigenvalue weighted by molar-refractivity contribution is -0.141. The monoisotopic (exact) mass is 331 g/mol. The van der Waals surface area contributed by atoms with Crippen molar-refractivity contribution in [3.8, 4) is 0 Å². The Morgan fingerprint density at radius 3 is 2.42 bits per heavy atom. The van der Waals surface area contributed by atoms with Crippen LogP contribution in [0.5, 0.6) is 0 Å². The SMILES string of the molecule is CCN(C(=O)N1CC(N2CC(C(=O)O)CC2=O)C1)c1ccccc1. The van der Waals surface area contributed by atoms with Crippen molar-refractivity contribution in [1.82, 2.24) is 9.80 Å². The van der Waals surface area contributed by atoms with Crippen molar-refractivity contribution in [2.24, 2.45) is 5.92 Å². The number of nitrogens with zero attached hydrogens (tertiary/aromatic N) is 3. The standard InChI is InChI=1S/C17H21N3O4/c1-2-19(13-6-4-3-5-7-13)17(24)18-10-14(11-18)20-9-12(16(22)23)8-15(20)21/h3-7,12,14H,2,8-11H2,1H3,(H,22,23). The van der Waals surface area contributed by atoms with Crippen LogP contribution in [-0.4, -0.2) is 65.0 Å². The van der Waals surface area contributed by atoms with Crippen LogP contribution in [0.15, 0.2) is 30.3 Å². The zero-order valence-electron chi connectivity index (χ0n) is 13.6. The minimum Gasteiger partial charge on any atom is -0.481 e. The summed E-state index contributed by atoms with van der Waals surface area (Å²) in [6.07, 6.45) is 0.0604. The van der Waals surface area contributed by atoms with E-state index in [2.05, 4.69) is 0 Å². The van der Waals surface area contributed by atoms with E-state index in [1.807, 2.05) is 37.3 Å². The fourth-order valence-electron chi connectivity index (χ4n) is 3.27. The Labute approximate surface area is 140 Å². The van der Waals surface area contributed by atoms with Gasteiger partial charge < -0.3 is 14.9 Å². The first-order valence-corrected chi connectivity index (χ1v) is 8.15. The summed E-state index contributed by atoms with van der Waals surface area (Å²) in [4.78, 5) is 40.6. The van der Waals surface area contributed by atoms with Gasteiger partial charge in [0.15, 0.2) is 0 Å². The second-order valence-electron chi connectivity index (χ2n) is 6.21. The van der Waals surface area contributed by atoms with Gasteiger partial charge in [-0.25, -0.2) is 4.79 Å². The molecule has 7 nitrogen and oxygen atoms in total. The van der Waals surface area contributed by atoms with Gasteiger partial charge in [-0.05, 0) is 19.1 Å². The lowest BCUT2D eigenvalue weighted by Gasteiger charge is -2.45. The van der Waals surface area contributed by atoms with Gasteiger partial charge in [0.1, 0.15) is 0 Å². The number of carboxylic acids is 1. The zero-order valence-corrected chi connectivity index (χ0v) is 13.6. The topological polar surface area (TPSA) is 81.2 Å². The molecular formula is C17H21N3O4. The molecule has 0 aliphatic carbocycles. The number of anilines is 1. The van der Waals surface area contributed by atoms with Crippen LogP contribution in [0, 0.1) is 5.92 Å². The molecule has 0 saturated carbocycles. The summed E-state index contributed by atoms with van der Waals surface area (Å²) in [6.45, 7) is 3.65. The third kappa shape index (κ3) is 2.93. The van der Waals surface area contributed by atoms with Crippen molar-refractivity contribution in [2.75, 3.05) is 31.1 Å². The summed E-state index contributed by atoms with van der Waals surface area (Å²) in [6, 6.07) is 9.30. The highest BCUT2D eigenvalue weighted by Gasteiger charge is 2.44. The van der Waals surface area contributed by atoms with Crippen LogP contribution in [-0.2, 0) is 9.59 Å². The Morgan fingerprint density at radius 2 is 1.88 bits per heavy atom. The summed E-state index contributed by atoms with van der Waals surface area (Å²) < 4.78 is 0. The smallest absolute Gasteiger partial charge is 0.324 e. The number of urea groups is 1. The Kier molecular flexibility index (Phi) is 4.42. The molecular weight excluding hydrogens is 310 g/mol. The maximum atomic E-state index is 12.6. The lowest BCUT2D eigenvalue weighted by atomic mass is 10.1. The van der Waals surface area contributed by atoms with Crippen LogP contribution in [0.1, 0.15) is 13.3 Å². The first-order valence-electron chi connectivity index (χ1n) is 8.15.